The van der Waals surface area contributed by atoms with Gasteiger partial charge in [-0.25, -0.2) is 0 Å². The molecule has 0 aliphatic heterocycles. The van der Waals surface area contributed by atoms with Crippen LogP contribution in [0.1, 0.15) is 20.3 Å². The molecule has 1 aromatic carbocycles. The number of H-pyrrole nitrogens is 1. The van der Waals surface area contributed by atoms with Gasteiger partial charge in [0.15, 0.2) is 0 Å². The number of aromatic nitrogens is 2. The van der Waals surface area contributed by atoms with Crippen LogP contribution >= 0.6 is 0 Å². The van der Waals surface area contributed by atoms with Gasteiger partial charge < -0.3 is 4.74 Å². The molecule has 0 radical (unpaired) electrons. The molecule has 0 atom stereocenters. The molecule has 0 saturated carbocycles. The molecule has 2 rings (SSSR count). The molecule has 1 N–H and O–H groups in total. The number of hydrogen-bond acceptors (Lipinski definition) is 2. The number of hydrogen-bond donors (Lipinski definition) is 1. The lowest BCUT2D eigenvalue weighted by Crippen LogP contribution is -2.01. The van der Waals surface area contributed by atoms with Crippen LogP contribution in [0.25, 0.3) is 11.1 Å². The monoisotopic (exact) mass is 230 g/mol. The van der Waals surface area contributed by atoms with E-state index in [0.29, 0.717) is 5.92 Å². The van der Waals surface area contributed by atoms with Crippen molar-refractivity contribution in [1.82, 2.24) is 10.2 Å². The lowest BCUT2D eigenvalue weighted by Gasteiger charge is -2.08. The van der Waals surface area contributed by atoms with E-state index in [-0.39, 0.29) is 0 Å². The van der Waals surface area contributed by atoms with Gasteiger partial charge in [-0.05, 0) is 30.0 Å². The van der Waals surface area contributed by atoms with E-state index in [1.165, 1.54) is 0 Å². The smallest absolute Gasteiger partial charge is 0.119 e. The summed E-state index contributed by atoms with van der Waals surface area (Å²) >= 11 is 0. The van der Waals surface area contributed by atoms with Gasteiger partial charge >= 0.3 is 0 Å². The van der Waals surface area contributed by atoms with Crippen molar-refractivity contribution in [2.45, 2.75) is 20.3 Å². The molecule has 0 bridgehead atoms. The Morgan fingerprint density at radius 2 is 1.94 bits per heavy atom. The molecule has 3 nitrogen and oxygen atoms in total. The molecule has 2 aromatic rings. The van der Waals surface area contributed by atoms with Gasteiger partial charge in [0.05, 0.1) is 12.8 Å². The quantitative estimate of drug-likeness (QED) is 0.853. The largest absolute Gasteiger partial charge is 0.494 e. The molecule has 17 heavy (non-hydrogen) atoms. The molecular weight excluding hydrogens is 212 g/mol. The maximum Gasteiger partial charge on any atom is 0.119 e. The number of nitrogens with one attached hydrogen (secondary N) is 1. The average Bonchev–Trinajstić information content (AvgIpc) is 2.83. The van der Waals surface area contributed by atoms with E-state index in [9.17, 15) is 0 Å². The minimum absolute atomic E-state index is 0.681. The molecule has 0 aliphatic carbocycles. The van der Waals surface area contributed by atoms with E-state index in [2.05, 4.69) is 36.2 Å². The molecule has 0 unspecified atom stereocenters. The second-order valence-corrected chi connectivity index (χ2v) is 4.54. The summed E-state index contributed by atoms with van der Waals surface area (Å²) in [6.07, 6.45) is 4.78. The predicted molar refractivity (Wildman–Crippen MR) is 69.0 cm³/mol. The van der Waals surface area contributed by atoms with Gasteiger partial charge in [-0.3, -0.25) is 5.10 Å². The first kappa shape index (κ1) is 11.7. The Hall–Kier alpha value is -1.77. The van der Waals surface area contributed by atoms with Gasteiger partial charge in [-0.15, -0.1) is 0 Å². The van der Waals surface area contributed by atoms with Crippen LogP contribution in [0, 0.1) is 5.92 Å². The van der Waals surface area contributed by atoms with Crippen LogP contribution in [0.5, 0.6) is 5.75 Å². The number of ether oxygens (including phenoxy) is 1. The third-order valence-electron chi connectivity index (χ3n) is 2.65. The molecule has 0 aliphatic rings. The first-order valence-corrected chi connectivity index (χ1v) is 5.97. The highest BCUT2D eigenvalue weighted by molar-refractivity contribution is 5.62. The summed E-state index contributed by atoms with van der Waals surface area (Å²) < 4.78 is 5.67. The van der Waals surface area contributed by atoms with E-state index >= 15 is 0 Å². The average molecular weight is 230 g/mol. The standard InChI is InChI=1S/C14H18N2O/c1-11(2)7-8-17-14-5-3-12(4-6-14)13-9-15-16-10-13/h3-6,9-11H,7-8H2,1-2H3,(H,15,16). The fourth-order valence-corrected chi connectivity index (χ4v) is 1.56. The van der Waals surface area contributed by atoms with Crippen molar-refractivity contribution in [3.8, 4) is 16.9 Å². The summed E-state index contributed by atoms with van der Waals surface area (Å²) in [5, 5.41) is 6.74. The molecule has 0 spiro atoms. The molecule has 1 heterocycles. The Kier molecular flexibility index (Phi) is 3.81. The highest BCUT2D eigenvalue weighted by Gasteiger charge is 2.00. The molecular formula is C14H18N2O. The highest BCUT2D eigenvalue weighted by Crippen LogP contribution is 2.21. The van der Waals surface area contributed by atoms with Crippen molar-refractivity contribution in [2.75, 3.05) is 6.61 Å². The summed E-state index contributed by atoms with van der Waals surface area (Å²) in [6, 6.07) is 8.11. The summed E-state index contributed by atoms with van der Waals surface area (Å²) in [7, 11) is 0. The molecule has 3 heteroatoms. The third kappa shape index (κ3) is 3.34. The first-order chi connectivity index (χ1) is 8.25. The van der Waals surface area contributed by atoms with Gasteiger partial charge in [0.1, 0.15) is 5.75 Å². The molecule has 90 valence electrons. The number of benzene rings is 1. The Labute approximate surface area is 102 Å². The minimum atomic E-state index is 0.681. The van der Waals surface area contributed by atoms with Crippen molar-refractivity contribution in [3.63, 3.8) is 0 Å². The van der Waals surface area contributed by atoms with Crippen molar-refractivity contribution in [1.29, 1.82) is 0 Å². The van der Waals surface area contributed by atoms with Gasteiger partial charge in [0, 0.05) is 11.8 Å². The van der Waals surface area contributed by atoms with Crippen LogP contribution in [-0.4, -0.2) is 16.8 Å². The van der Waals surface area contributed by atoms with E-state index in [1.54, 1.807) is 0 Å². The summed E-state index contributed by atoms with van der Waals surface area (Å²) in [6.45, 7) is 5.18. The molecule has 0 saturated heterocycles. The fraction of sp³-hybridized carbons (Fsp3) is 0.357. The zero-order chi connectivity index (χ0) is 12.1. The van der Waals surface area contributed by atoms with Gasteiger partial charge in [-0.2, -0.15) is 5.10 Å². The normalized spacial score (nSPS) is 10.8. The van der Waals surface area contributed by atoms with E-state index < -0.39 is 0 Å². The van der Waals surface area contributed by atoms with E-state index in [4.69, 9.17) is 4.74 Å². The molecule has 0 fully saturated rings. The second kappa shape index (κ2) is 5.53. The number of rotatable bonds is 5. The van der Waals surface area contributed by atoms with Crippen LogP contribution in [-0.2, 0) is 0 Å². The topological polar surface area (TPSA) is 37.9 Å². The van der Waals surface area contributed by atoms with Gasteiger partial charge in [-0.1, -0.05) is 26.0 Å². The zero-order valence-electron chi connectivity index (χ0n) is 10.3. The second-order valence-electron chi connectivity index (χ2n) is 4.54. The maximum absolute atomic E-state index is 5.67. The van der Waals surface area contributed by atoms with Crippen LogP contribution in [0.3, 0.4) is 0 Å². The maximum atomic E-state index is 5.67. The van der Waals surface area contributed by atoms with Crippen molar-refractivity contribution in [3.05, 3.63) is 36.7 Å². The van der Waals surface area contributed by atoms with E-state index in [0.717, 1.165) is 29.9 Å². The van der Waals surface area contributed by atoms with Crippen LogP contribution in [0.2, 0.25) is 0 Å². The lowest BCUT2D eigenvalue weighted by atomic mass is 10.1. The van der Waals surface area contributed by atoms with E-state index in [1.807, 2.05) is 24.5 Å². The highest BCUT2D eigenvalue weighted by atomic mass is 16.5. The van der Waals surface area contributed by atoms with Gasteiger partial charge in [0.2, 0.25) is 0 Å². The van der Waals surface area contributed by atoms with Crippen molar-refractivity contribution in [2.24, 2.45) is 5.92 Å². The zero-order valence-corrected chi connectivity index (χ0v) is 10.3. The third-order valence-corrected chi connectivity index (χ3v) is 2.65. The van der Waals surface area contributed by atoms with Crippen molar-refractivity contribution < 1.29 is 4.74 Å². The Morgan fingerprint density at radius 3 is 2.53 bits per heavy atom. The van der Waals surface area contributed by atoms with Gasteiger partial charge in [0.25, 0.3) is 0 Å². The lowest BCUT2D eigenvalue weighted by molar-refractivity contribution is 0.289. The van der Waals surface area contributed by atoms with Crippen LogP contribution in [0.15, 0.2) is 36.7 Å². The number of aromatic amines is 1. The fourth-order valence-electron chi connectivity index (χ4n) is 1.56. The van der Waals surface area contributed by atoms with Crippen molar-refractivity contribution >= 4 is 0 Å². The molecule has 0 amide bonds. The first-order valence-electron chi connectivity index (χ1n) is 5.97. The Balaban J connectivity index is 1.94. The summed E-state index contributed by atoms with van der Waals surface area (Å²) in [5.74, 6) is 1.61. The SMILES string of the molecule is CC(C)CCOc1ccc(-c2cn[nH]c2)cc1. The Bertz CT molecular complexity index is 432. The van der Waals surface area contributed by atoms with Crippen LogP contribution < -0.4 is 4.74 Å². The predicted octanol–water partition coefficient (Wildman–Crippen LogP) is 3.50. The summed E-state index contributed by atoms with van der Waals surface area (Å²) in [5.41, 5.74) is 2.24. The molecule has 1 aromatic heterocycles. The summed E-state index contributed by atoms with van der Waals surface area (Å²) in [4.78, 5) is 0. The minimum Gasteiger partial charge on any atom is -0.494 e. The van der Waals surface area contributed by atoms with Crippen LogP contribution in [0.4, 0.5) is 0 Å². The Morgan fingerprint density at radius 1 is 1.18 bits per heavy atom. The number of nitrogens with zero attached hydrogens (tertiary/aromatic N) is 1.